The van der Waals surface area contributed by atoms with Gasteiger partial charge in [-0.1, -0.05) is 80.6 Å². The number of thiophene rings is 1. The molecule has 4 aromatic carbocycles. The number of pyridine rings is 1. The van der Waals surface area contributed by atoms with E-state index in [1.807, 2.05) is 0 Å². The van der Waals surface area contributed by atoms with Crippen LogP contribution in [0.25, 0.3) is 54.5 Å². The molecule has 0 unspecified atom stereocenters. The molecule has 0 N–H and O–H groups in total. The van der Waals surface area contributed by atoms with Gasteiger partial charge in [0.1, 0.15) is 4.83 Å². The lowest BCUT2D eigenvalue weighted by Gasteiger charge is -2.17. The van der Waals surface area contributed by atoms with Crippen LogP contribution < -0.4 is 0 Å². The van der Waals surface area contributed by atoms with Crippen LogP contribution in [0.15, 0.2) is 90.3 Å². The van der Waals surface area contributed by atoms with Crippen molar-refractivity contribution in [1.29, 1.82) is 0 Å². The van der Waals surface area contributed by atoms with Crippen molar-refractivity contribution in [2.24, 2.45) is 5.92 Å². The molecule has 188 valence electrons. The van der Waals surface area contributed by atoms with Gasteiger partial charge in [-0.15, -0.1) is 11.3 Å². The molecule has 0 amide bonds. The summed E-state index contributed by atoms with van der Waals surface area (Å²) in [7, 11) is 0. The maximum Gasteiger partial charge on any atom is 0.124 e. The second-order valence-electron chi connectivity index (χ2n) is 11.0. The number of aromatic nitrogens is 1. The lowest BCUT2D eigenvalue weighted by atomic mass is 9.88. The molecule has 0 aliphatic carbocycles. The fraction of sp³-hybridized carbons (Fsp3) is 0.194. The fourth-order valence-electron chi connectivity index (χ4n) is 5.92. The predicted molar refractivity (Wildman–Crippen MR) is 166 cm³/mol. The van der Waals surface area contributed by atoms with Gasteiger partial charge >= 0.3 is 0 Å². The van der Waals surface area contributed by atoms with Crippen molar-refractivity contribution in [3.63, 3.8) is 0 Å². The van der Waals surface area contributed by atoms with Crippen LogP contribution in [-0.2, 0) is 6.42 Å². The van der Waals surface area contributed by atoms with E-state index < -0.39 is 0 Å². The fourth-order valence-corrected chi connectivity index (χ4v) is 6.86. The quantitative estimate of drug-likeness (QED) is 0.224. The van der Waals surface area contributed by atoms with Crippen molar-refractivity contribution in [2.75, 3.05) is 0 Å². The van der Waals surface area contributed by atoms with Crippen molar-refractivity contribution in [2.45, 2.75) is 41.0 Å². The Hall–Kier alpha value is -3.75. The summed E-state index contributed by atoms with van der Waals surface area (Å²) in [4.78, 5) is 6.33. The van der Waals surface area contributed by atoms with Crippen molar-refractivity contribution in [1.82, 2.24) is 4.98 Å². The van der Waals surface area contributed by atoms with E-state index in [1.165, 1.54) is 60.7 Å². The van der Waals surface area contributed by atoms with E-state index in [4.69, 9.17) is 4.98 Å². The summed E-state index contributed by atoms with van der Waals surface area (Å²) in [6.45, 7) is 11.3. The molecule has 0 aliphatic rings. The Morgan fingerprint density at radius 1 is 0.711 bits per heavy atom. The lowest BCUT2D eigenvalue weighted by Crippen LogP contribution is -1.99. The first-order valence-electron chi connectivity index (χ1n) is 13.5. The summed E-state index contributed by atoms with van der Waals surface area (Å²) in [5, 5.41) is 6.03. The third kappa shape index (κ3) is 4.44. The third-order valence-corrected chi connectivity index (χ3v) is 8.47. The summed E-state index contributed by atoms with van der Waals surface area (Å²) in [6, 6.07) is 31.1. The molecule has 0 radical (unpaired) electrons. The monoisotopic (exact) mass is 511 g/mol. The molecule has 2 heterocycles. The zero-order valence-corrected chi connectivity index (χ0v) is 23.6. The van der Waals surface area contributed by atoms with E-state index in [-0.39, 0.29) is 0 Å². The molecule has 0 spiro atoms. The molecule has 0 aliphatic heterocycles. The number of rotatable bonds is 5. The van der Waals surface area contributed by atoms with Crippen molar-refractivity contribution >= 4 is 32.3 Å². The van der Waals surface area contributed by atoms with Gasteiger partial charge in [-0.25, -0.2) is 4.98 Å². The van der Waals surface area contributed by atoms with Gasteiger partial charge in [0.2, 0.25) is 0 Å². The summed E-state index contributed by atoms with van der Waals surface area (Å²) in [6.07, 6.45) is 1.11. The van der Waals surface area contributed by atoms with Crippen LogP contribution in [0.1, 0.15) is 36.1 Å². The minimum absolute atomic E-state index is 0.643. The first-order chi connectivity index (χ1) is 18.4. The molecule has 0 saturated carbocycles. The average molecular weight is 512 g/mol. The van der Waals surface area contributed by atoms with Crippen LogP contribution in [0.2, 0.25) is 0 Å². The third-order valence-electron chi connectivity index (χ3n) is 7.48. The smallest absolute Gasteiger partial charge is 0.124 e. The van der Waals surface area contributed by atoms with Crippen LogP contribution in [-0.4, -0.2) is 4.98 Å². The van der Waals surface area contributed by atoms with Gasteiger partial charge in [-0.3, -0.25) is 0 Å². The Kier molecular flexibility index (Phi) is 6.37. The standard InChI is InChI=1S/C36H33NS/c1-22(2)15-26-16-23(3)34(24(4)17-26)32-20-33(37-36-35(32)25(5)21-38-36)29-18-28-13-9-10-14-30(28)31(19-29)27-11-7-6-8-12-27/h6-14,16-22H,15H2,1-5H3. The highest BCUT2D eigenvalue weighted by atomic mass is 32.1. The molecule has 0 saturated heterocycles. The molecule has 1 nitrogen and oxygen atoms in total. The first-order valence-corrected chi connectivity index (χ1v) is 14.3. The number of hydrogen-bond donors (Lipinski definition) is 0. The van der Waals surface area contributed by atoms with Gasteiger partial charge in [-0.2, -0.15) is 0 Å². The summed E-state index contributed by atoms with van der Waals surface area (Å²) in [5.41, 5.74) is 12.7. The SMILES string of the molecule is Cc1cc(CC(C)C)cc(C)c1-c1cc(-c2cc(-c3ccccc3)c3ccccc3c2)nc2scc(C)c12. The molecule has 6 aromatic rings. The van der Waals surface area contributed by atoms with Crippen LogP contribution in [0.3, 0.4) is 0 Å². The van der Waals surface area contributed by atoms with E-state index in [0.29, 0.717) is 5.92 Å². The summed E-state index contributed by atoms with van der Waals surface area (Å²) >= 11 is 1.75. The normalized spacial score (nSPS) is 11.6. The summed E-state index contributed by atoms with van der Waals surface area (Å²) < 4.78 is 0. The van der Waals surface area contributed by atoms with Gasteiger partial charge in [0.25, 0.3) is 0 Å². The molecule has 2 aromatic heterocycles. The highest BCUT2D eigenvalue weighted by Crippen LogP contribution is 2.41. The average Bonchev–Trinajstić information content (AvgIpc) is 3.28. The number of fused-ring (bicyclic) bond motifs is 2. The van der Waals surface area contributed by atoms with E-state index in [2.05, 4.69) is 125 Å². The van der Waals surface area contributed by atoms with Gasteiger partial charge in [0.05, 0.1) is 5.69 Å². The highest BCUT2D eigenvalue weighted by molar-refractivity contribution is 7.17. The molecule has 0 atom stereocenters. The number of nitrogens with zero attached hydrogens (tertiary/aromatic N) is 1. The van der Waals surface area contributed by atoms with Gasteiger partial charge in [-0.05, 0) is 112 Å². The Balaban J connectivity index is 1.60. The number of aryl methyl sites for hydroxylation is 3. The van der Waals surface area contributed by atoms with Crippen LogP contribution in [0, 0.1) is 26.7 Å². The second kappa shape index (κ2) is 9.85. The number of hydrogen-bond acceptors (Lipinski definition) is 2. The number of benzene rings is 4. The van der Waals surface area contributed by atoms with Gasteiger partial charge < -0.3 is 0 Å². The predicted octanol–water partition coefficient (Wildman–Crippen LogP) is 10.6. The minimum Gasteiger partial charge on any atom is -0.237 e. The van der Waals surface area contributed by atoms with Crippen LogP contribution in [0.4, 0.5) is 0 Å². The molecule has 2 heteroatoms. The van der Waals surface area contributed by atoms with Crippen molar-refractivity contribution < 1.29 is 0 Å². The van der Waals surface area contributed by atoms with Crippen molar-refractivity contribution in [3.8, 4) is 33.5 Å². The second-order valence-corrected chi connectivity index (χ2v) is 11.8. The van der Waals surface area contributed by atoms with Crippen LogP contribution >= 0.6 is 11.3 Å². The Morgan fingerprint density at radius 3 is 2.16 bits per heavy atom. The van der Waals surface area contributed by atoms with Gasteiger partial charge in [0.15, 0.2) is 0 Å². The topological polar surface area (TPSA) is 12.9 Å². The molecule has 38 heavy (non-hydrogen) atoms. The summed E-state index contributed by atoms with van der Waals surface area (Å²) in [5.74, 6) is 0.643. The molecule has 0 bridgehead atoms. The molecule has 0 fully saturated rings. The van der Waals surface area contributed by atoms with E-state index in [0.717, 1.165) is 22.5 Å². The zero-order chi connectivity index (χ0) is 26.4. The van der Waals surface area contributed by atoms with E-state index in [1.54, 1.807) is 11.3 Å². The zero-order valence-electron chi connectivity index (χ0n) is 22.8. The van der Waals surface area contributed by atoms with Crippen LogP contribution in [0.5, 0.6) is 0 Å². The maximum atomic E-state index is 5.23. The molecular formula is C36H33NS. The van der Waals surface area contributed by atoms with Gasteiger partial charge in [0, 0.05) is 10.9 Å². The first kappa shape index (κ1) is 24.6. The molecular weight excluding hydrogens is 478 g/mol. The highest BCUT2D eigenvalue weighted by Gasteiger charge is 2.18. The largest absolute Gasteiger partial charge is 0.237 e. The van der Waals surface area contributed by atoms with E-state index in [9.17, 15) is 0 Å². The Morgan fingerprint density at radius 2 is 1.42 bits per heavy atom. The van der Waals surface area contributed by atoms with Crippen molar-refractivity contribution in [3.05, 3.63) is 113 Å². The lowest BCUT2D eigenvalue weighted by molar-refractivity contribution is 0.647. The Bertz CT molecular complexity index is 1770. The Labute approximate surface area is 229 Å². The van der Waals surface area contributed by atoms with E-state index >= 15 is 0 Å². The molecule has 6 rings (SSSR count). The minimum atomic E-state index is 0.643. The maximum absolute atomic E-state index is 5.23.